The van der Waals surface area contributed by atoms with Crippen molar-refractivity contribution in [2.45, 2.75) is 0 Å². The van der Waals surface area contributed by atoms with Gasteiger partial charge in [-0.15, -0.1) is 0 Å². The molecular weight excluding hydrogens is 345 g/mol. The van der Waals surface area contributed by atoms with Crippen LogP contribution < -0.4 is 5.32 Å². The van der Waals surface area contributed by atoms with Crippen molar-refractivity contribution in [3.05, 3.63) is 82.5 Å². The molecule has 0 unspecified atom stereocenters. The number of benzene rings is 2. The summed E-state index contributed by atoms with van der Waals surface area (Å²) in [5.41, 5.74) is 1.48. The molecule has 0 spiro atoms. The van der Waals surface area contributed by atoms with E-state index in [1.165, 1.54) is 6.08 Å². The number of hydrogen-bond acceptors (Lipinski definition) is 2. The van der Waals surface area contributed by atoms with Crippen LogP contribution in [0.2, 0.25) is 10.0 Å². The van der Waals surface area contributed by atoms with Gasteiger partial charge in [0.05, 0.1) is 10.7 Å². The zero-order chi connectivity index (χ0) is 16.9. The summed E-state index contributed by atoms with van der Waals surface area (Å²) >= 11 is 11.8. The normalized spacial score (nSPS) is 10.9. The smallest absolute Gasteiger partial charge is 0.248 e. The number of rotatable bonds is 4. The van der Waals surface area contributed by atoms with E-state index in [-0.39, 0.29) is 5.91 Å². The van der Waals surface area contributed by atoms with Crippen LogP contribution in [-0.4, -0.2) is 5.91 Å². The van der Waals surface area contributed by atoms with E-state index in [1.807, 2.05) is 36.4 Å². The Kier molecular flexibility index (Phi) is 5.04. The van der Waals surface area contributed by atoms with E-state index in [2.05, 4.69) is 5.32 Å². The van der Waals surface area contributed by atoms with Crippen LogP contribution in [0.4, 0.5) is 5.69 Å². The Balaban J connectivity index is 1.67. The van der Waals surface area contributed by atoms with E-state index < -0.39 is 0 Å². The Bertz CT molecular complexity index is 885. The van der Waals surface area contributed by atoms with E-state index in [1.54, 1.807) is 30.3 Å². The third-order valence-electron chi connectivity index (χ3n) is 3.27. The predicted octanol–water partition coefficient (Wildman–Crippen LogP) is 5.91. The molecule has 0 saturated carbocycles. The van der Waals surface area contributed by atoms with Crippen molar-refractivity contribution >= 4 is 40.9 Å². The van der Waals surface area contributed by atoms with Gasteiger partial charge in [0.15, 0.2) is 0 Å². The van der Waals surface area contributed by atoms with Crippen molar-refractivity contribution in [3.63, 3.8) is 0 Å². The molecule has 3 aromatic rings. The van der Waals surface area contributed by atoms with Crippen molar-refractivity contribution in [3.8, 4) is 11.3 Å². The molecule has 5 heteroatoms. The third-order valence-corrected chi connectivity index (χ3v) is 3.82. The molecule has 1 heterocycles. The number of hydrogen-bond donors (Lipinski definition) is 1. The fourth-order valence-electron chi connectivity index (χ4n) is 2.12. The molecule has 0 bridgehead atoms. The minimum atomic E-state index is -0.308. The molecule has 0 aliphatic heterocycles. The summed E-state index contributed by atoms with van der Waals surface area (Å²) in [6.45, 7) is 0. The molecule has 2 aromatic carbocycles. The lowest BCUT2D eigenvalue weighted by molar-refractivity contribution is -0.111. The number of carbonyl (C=O) groups is 1. The second kappa shape index (κ2) is 7.39. The fraction of sp³-hybridized carbons (Fsp3) is 0. The van der Waals surface area contributed by atoms with Gasteiger partial charge in [-0.05, 0) is 36.4 Å². The lowest BCUT2D eigenvalue weighted by atomic mass is 10.2. The van der Waals surface area contributed by atoms with Gasteiger partial charge in [0, 0.05) is 16.7 Å². The number of nitrogens with one attached hydrogen (secondary N) is 1. The van der Waals surface area contributed by atoms with E-state index in [4.69, 9.17) is 27.6 Å². The van der Waals surface area contributed by atoms with E-state index in [0.717, 1.165) is 11.3 Å². The van der Waals surface area contributed by atoms with Gasteiger partial charge in [-0.3, -0.25) is 4.79 Å². The van der Waals surface area contributed by atoms with Crippen LogP contribution >= 0.6 is 23.2 Å². The summed E-state index contributed by atoms with van der Waals surface area (Å²) in [7, 11) is 0. The van der Waals surface area contributed by atoms with Crippen molar-refractivity contribution in [1.29, 1.82) is 0 Å². The molecule has 120 valence electrons. The molecule has 1 amide bonds. The van der Waals surface area contributed by atoms with Gasteiger partial charge in [-0.2, -0.15) is 0 Å². The maximum absolute atomic E-state index is 12.0. The number of anilines is 1. The summed E-state index contributed by atoms with van der Waals surface area (Å²) in [6.07, 6.45) is 2.99. The zero-order valence-electron chi connectivity index (χ0n) is 12.5. The molecule has 1 aromatic heterocycles. The highest BCUT2D eigenvalue weighted by atomic mass is 35.5. The molecule has 3 nitrogen and oxygen atoms in total. The Morgan fingerprint density at radius 1 is 1.00 bits per heavy atom. The average molecular weight is 358 g/mol. The highest BCUT2D eigenvalue weighted by Gasteiger charge is 2.05. The maximum atomic E-state index is 12.0. The molecule has 0 aliphatic rings. The molecule has 1 N–H and O–H groups in total. The lowest BCUT2D eigenvalue weighted by Gasteiger charge is -2.04. The van der Waals surface area contributed by atoms with Gasteiger partial charge < -0.3 is 9.73 Å². The second-order valence-electron chi connectivity index (χ2n) is 5.01. The Hall–Kier alpha value is -2.49. The molecular formula is C19H13Cl2NO2. The quantitative estimate of drug-likeness (QED) is 0.590. The van der Waals surface area contributed by atoms with Crippen molar-refractivity contribution in [1.82, 2.24) is 0 Å². The van der Waals surface area contributed by atoms with Crippen LogP contribution in [-0.2, 0) is 4.79 Å². The van der Waals surface area contributed by atoms with E-state index >= 15 is 0 Å². The van der Waals surface area contributed by atoms with Crippen LogP contribution in [0.5, 0.6) is 0 Å². The molecule has 3 rings (SSSR count). The van der Waals surface area contributed by atoms with Crippen LogP contribution in [0, 0.1) is 0 Å². The largest absolute Gasteiger partial charge is 0.457 e. The van der Waals surface area contributed by atoms with Gasteiger partial charge in [-0.25, -0.2) is 0 Å². The predicted molar refractivity (Wildman–Crippen MR) is 98.3 cm³/mol. The number of carbonyl (C=O) groups excluding carboxylic acids is 1. The number of amides is 1. The van der Waals surface area contributed by atoms with Gasteiger partial charge >= 0.3 is 0 Å². The molecule has 24 heavy (non-hydrogen) atoms. The molecule has 0 aliphatic carbocycles. The fourth-order valence-corrected chi connectivity index (χ4v) is 2.58. The van der Waals surface area contributed by atoms with E-state index in [9.17, 15) is 4.79 Å². The van der Waals surface area contributed by atoms with Crippen molar-refractivity contribution in [2.24, 2.45) is 0 Å². The third kappa shape index (κ3) is 4.07. The first kappa shape index (κ1) is 16.4. The second-order valence-corrected chi connectivity index (χ2v) is 5.86. The molecule has 0 saturated heterocycles. The Morgan fingerprint density at radius 3 is 2.54 bits per heavy atom. The minimum Gasteiger partial charge on any atom is -0.457 e. The molecule has 0 atom stereocenters. The van der Waals surface area contributed by atoms with E-state index in [0.29, 0.717) is 21.5 Å². The molecule has 0 fully saturated rings. The molecule has 0 radical (unpaired) electrons. The Labute approximate surface area is 149 Å². The van der Waals surface area contributed by atoms with Crippen LogP contribution in [0.1, 0.15) is 5.76 Å². The average Bonchev–Trinajstić information content (AvgIpc) is 3.05. The van der Waals surface area contributed by atoms with Gasteiger partial charge in [0.25, 0.3) is 0 Å². The first-order valence-electron chi connectivity index (χ1n) is 7.21. The van der Waals surface area contributed by atoms with Crippen LogP contribution in [0.15, 0.2) is 71.2 Å². The highest BCUT2D eigenvalue weighted by molar-refractivity contribution is 6.36. The SMILES string of the molecule is O=C(/C=C/c1ccc(-c2ccccc2)o1)Nc1ccc(Cl)cc1Cl. The summed E-state index contributed by atoms with van der Waals surface area (Å²) in [4.78, 5) is 12.0. The first-order chi connectivity index (χ1) is 11.6. The minimum absolute atomic E-state index is 0.308. The van der Waals surface area contributed by atoms with Crippen molar-refractivity contribution < 1.29 is 9.21 Å². The van der Waals surface area contributed by atoms with Gasteiger partial charge in [-0.1, -0.05) is 53.5 Å². The van der Waals surface area contributed by atoms with Gasteiger partial charge in [0.1, 0.15) is 11.5 Å². The summed E-state index contributed by atoms with van der Waals surface area (Å²) in [5.74, 6) is 1.03. The standard InChI is InChI=1S/C19H13Cl2NO2/c20-14-6-9-17(16(21)12-14)22-19(23)11-8-15-7-10-18(24-15)13-4-2-1-3-5-13/h1-12H,(H,22,23)/b11-8+. The van der Waals surface area contributed by atoms with Gasteiger partial charge in [0.2, 0.25) is 5.91 Å². The Morgan fingerprint density at radius 2 is 1.79 bits per heavy atom. The topological polar surface area (TPSA) is 42.2 Å². The zero-order valence-corrected chi connectivity index (χ0v) is 14.0. The maximum Gasteiger partial charge on any atom is 0.248 e. The van der Waals surface area contributed by atoms with Crippen LogP contribution in [0.3, 0.4) is 0 Å². The van der Waals surface area contributed by atoms with Crippen LogP contribution in [0.25, 0.3) is 17.4 Å². The first-order valence-corrected chi connectivity index (χ1v) is 7.97. The number of halogens is 2. The number of furan rings is 1. The summed E-state index contributed by atoms with van der Waals surface area (Å²) in [5, 5.41) is 3.58. The summed E-state index contributed by atoms with van der Waals surface area (Å²) in [6, 6.07) is 18.3. The lowest BCUT2D eigenvalue weighted by Crippen LogP contribution is -2.07. The summed E-state index contributed by atoms with van der Waals surface area (Å²) < 4.78 is 5.70. The van der Waals surface area contributed by atoms with Crippen molar-refractivity contribution in [2.75, 3.05) is 5.32 Å². The monoisotopic (exact) mass is 357 g/mol. The highest BCUT2D eigenvalue weighted by Crippen LogP contribution is 2.25.